The topological polar surface area (TPSA) is 50.8 Å². The number of allylic oxidation sites excluding steroid dienone is 1. The van der Waals surface area contributed by atoms with Crippen LogP contribution in [0, 0.1) is 0 Å². The van der Waals surface area contributed by atoms with Crippen LogP contribution in [-0.4, -0.2) is 39.3 Å². The number of carbonyl (C=O) groups is 1. The van der Waals surface area contributed by atoms with Gasteiger partial charge in [0.1, 0.15) is 11.5 Å². The highest BCUT2D eigenvalue weighted by Gasteiger charge is 2.25. The highest BCUT2D eigenvalue weighted by atomic mass is 16.5. The van der Waals surface area contributed by atoms with Crippen molar-refractivity contribution in [3.05, 3.63) is 29.8 Å². The maximum atomic E-state index is 12.5. The largest absolute Gasteiger partial charge is 0.497 e. The minimum absolute atomic E-state index is 0.122. The molecule has 1 aromatic rings. The third-order valence-electron chi connectivity index (χ3n) is 5.06. The molecule has 5 nitrogen and oxygen atoms in total. The predicted molar refractivity (Wildman–Crippen MR) is 99.5 cm³/mol. The van der Waals surface area contributed by atoms with Gasteiger partial charge in [0.15, 0.2) is 0 Å². The number of hydrogen-bond donors (Lipinski definition) is 1. The normalized spacial score (nSPS) is 20.6. The second-order valence-corrected chi connectivity index (χ2v) is 6.80. The van der Waals surface area contributed by atoms with Crippen molar-refractivity contribution in [1.82, 2.24) is 5.32 Å². The van der Waals surface area contributed by atoms with Crippen molar-refractivity contribution < 1.29 is 14.3 Å². The maximum absolute atomic E-state index is 12.5. The van der Waals surface area contributed by atoms with E-state index in [0.717, 1.165) is 61.5 Å². The molecule has 5 heteroatoms. The molecule has 0 bridgehead atoms. The molecule has 1 fully saturated rings. The predicted octanol–water partition coefficient (Wildman–Crippen LogP) is 3.29. The molecular weight excluding hydrogens is 316 g/mol. The van der Waals surface area contributed by atoms with E-state index in [1.165, 1.54) is 12.8 Å². The van der Waals surface area contributed by atoms with Crippen molar-refractivity contribution in [2.24, 2.45) is 0 Å². The highest BCUT2D eigenvalue weighted by Crippen LogP contribution is 2.30. The lowest BCUT2D eigenvalue weighted by molar-refractivity contribution is -0.118. The van der Waals surface area contributed by atoms with Crippen LogP contribution in [-0.2, 0) is 4.79 Å². The van der Waals surface area contributed by atoms with E-state index in [1.54, 1.807) is 14.2 Å². The van der Waals surface area contributed by atoms with Gasteiger partial charge in [0.2, 0.25) is 5.91 Å². The Labute approximate surface area is 150 Å². The van der Waals surface area contributed by atoms with Crippen LogP contribution in [0.1, 0.15) is 38.5 Å². The van der Waals surface area contributed by atoms with E-state index in [9.17, 15) is 4.79 Å². The number of nitrogens with one attached hydrogen (secondary N) is 1. The molecule has 1 unspecified atom stereocenters. The fraction of sp³-hybridized carbons (Fsp3) is 0.550. The average molecular weight is 344 g/mol. The van der Waals surface area contributed by atoms with Crippen LogP contribution in [0.5, 0.6) is 11.5 Å². The summed E-state index contributed by atoms with van der Waals surface area (Å²) in [5.74, 6) is 1.69. The van der Waals surface area contributed by atoms with Crippen LogP contribution in [0.15, 0.2) is 29.8 Å². The second kappa shape index (κ2) is 8.28. The molecule has 136 valence electrons. The molecule has 1 N–H and O–H groups in total. The first-order valence-corrected chi connectivity index (χ1v) is 9.17. The molecule has 2 aliphatic rings. The van der Waals surface area contributed by atoms with Gasteiger partial charge in [0.05, 0.1) is 14.2 Å². The van der Waals surface area contributed by atoms with E-state index in [2.05, 4.69) is 16.3 Å². The molecule has 1 aliphatic heterocycles. The van der Waals surface area contributed by atoms with Crippen molar-refractivity contribution in [1.29, 1.82) is 0 Å². The van der Waals surface area contributed by atoms with Gasteiger partial charge in [0, 0.05) is 48.6 Å². The number of methoxy groups -OCH3 is 2. The SMILES string of the molecule is COc1cc(OC)cc(N2CCC(NC(=O)C3=CCCCCC3)C2)c1. The van der Waals surface area contributed by atoms with Gasteiger partial charge in [-0.25, -0.2) is 0 Å². The Morgan fingerprint density at radius 1 is 1.12 bits per heavy atom. The molecule has 3 rings (SSSR count). The molecule has 25 heavy (non-hydrogen) atoms. The molecule has 0 aromatic heterocycles. The summed E-state index contributed by atoms with van der Waals surface area (Å²) in [7, 11) is 3.32. The lowest BCUT2D eigenvalue weighted by Crippen LogP contribution is -2.37. The lowest BCUT2D eigenvalue weighted by atomic mass is 10.1. The number of amides is 1. The zero-order chi connectivity index (χ0) is 17.6. The van der Waals surface area contributed by atoms with Crippen LogP contribution in [0.3, 0.4) is 0 Å². The second-order valence-electron chi connectivity index (χ2n) is 6.80. The molecule has 0 radical (unpaired) electrons. The number of hydrogen-bond acceptors (Lipinski definition) is 4. The number of rotatable bonds is 5. The van der Waals surface area contributed by atoms with E-state index in [0.29, 0.717) is 0 Å². The Balaban J connectivity index is 1.61. The van der Waals surface area contributed by atoms with Crippen molar-refractivity contribution >= 4 is 11.6 Å². The highest BCUT2D eigenvalue weighted by molar-refractivity contribution is 5.93. The van der Waals surface area contributed by atoms with Gasteiger partial charge in [0.25, 0.3) is 0 Å². The molecule has 1 atom stereocenters. The molecule has 1 aromatic carbocycles. The van der Waals surface area contributed by atoms with Crippen LogP contribution in [0.4, 0.5) is 5.69 Å². The van der Waals surface area contributed by atoms with Crippen molar-refractivity contribution in [2.75, 3.05) is 32.2 Å². The minimum Gasteiger partial charge on any atom is -0.497 e. The van der Waals surface area contributed by atoms with Crippen LogP contribution in [0.25, 0.3) is 0 Å². The zero-order valence-corrected chi connectivity index (χ0v) is 15.2. The van der Waals surface area contributed by atoms with E-state index >= 15 is 0 Å². The van der Waals surface area contributed by atoms with Crippen molar-refractivity contribution in [3.8, 4) is 11.5 Å². The van der Waals surface area contributed by atoms with E-state index < -0.39 is 0 Å². The van der Waals surface area contributed by atoms with Crippen molar-refractivity contribution in [2.45, 2.75) is 44.6 Å². The first kappa shape index (κ1) is 17.6. The molecule has 0 saturated carbocycles. The van der Waals surface area contributed by atoms with Gasteiger partial charge in [-0.2, -0.15) is 0 Å². The molecule has 1 heterocycles. The Kier molecular flexibility index (Phi) is 5.84. The Hall–Kier alpha value is -2.17. The van der Waals surface area contributed by atoms with Gasteiger partial charge in [-0.3, -0.25) is 4.79 Å². The van der Waals surface area contributed by atoms with Gasteiger partial charge in [-0.05, 0) is 32.1 Å². The molecule has 1 aliphatic carbocycles. The quantitative estimate of drug-likeness (QED) is 0.890. The Bertz CT molecular complexity index is 620. The van der Waals surface area contributed by atoms with Gasteiger partial charge >= 0.3 is 0 Å². The third kappa shape index (κ3) is 4.47. The van der Waals surface area contributed by atoms with Crippen molar-refractivity contribution in [3.63, 3.8) is 0 Å². The summed E-state index contributed by atoms with van der Waals surface area (Å²) in [5, 5.41) is 3.22. The number of ether oxygens (including phenoxy) is 2. The Morgan fingerprint density at radius 2 is 1.88 bits per heavy atom. The first-order chi connectivity index (χ1) is 12.2. The van der Waals surface area contributed by atoms with E-state index in [-0.39, 0.29) is 11.9 Å². The summed E-state index contributed by atoms with van der Waals surface area (Å²) in [6.07, 6.45) is 8.58. The monoisotopic (exact) mass is 344 g/mol. The number of carbonyl (C=O) groups excluding carboxylic acids is 1. The van der Waals surface area contributed by atoms with Crippen LogP contribution >= 0.6 is 0 Å². The molecule has 1 amide bonds. The smallest absolute Gasteiger partial charge is 0.247 e. The number of nitrogens with zero attached hydrogens (tertiary/aromatic N) is 1. The van der Waals surface area contributed by atoms with Gasteiger partial charge < -0.3 is 19.7 Å². The molecular formula is C20H28N2O3. The van der Waals surface area contributed by atoms with Gasteiger partial charge in [-0.1, -0.05) is 12.5 Å². The first-order valence-electron chi connectivity index (χ1n) is 9.17. The van der Waals surface area contributed by atoms with Gasteiger partial charge in [-0.15, -0.1) is 0 Å². The lowest BCUT2D eigenvalue weighted by Gasteiger charge is -2.21. The summed E-state index contributed by atoms with van der Waals surface area (Å²) in [6, 6.07) is 6.09. The average Bonchev–Trinajstić information content (AvgIpc) is 2.93. The number of benzene rings is 1. The zero-order valence-electron chi connectivity index (χ0n) is 15.2. The van der Waals surface area contributed by atoms with E-state index in [1.807, 2.05) is 18.2 Å². The third-order valence-corrected chi connectivity index (χ3v) is 5.06. The maximum Gasteiger partial charge on any atom is 0.247 e. The molecule has 1 saturated heterocycles. The van der Waals surface area contributed by atoms with E-state index in [4.69, 9.17) is 9.47 Å². The summed E-state index contributed by atoms with van der Waals surface area (Å²) < 4.78 is 10.7. The van der Waals surface area contributed by atoms with Crippen LogP contribution < -0.4 is 19.7 Å². The Morgan fingerprint density at radius 3 is 2.60 bits per heavy atom. The molecule has 0 spiro atoms. The summed E-state index contributed by atoms with van der Waals surface area (Å²) in [5.41, 5.74) is 2.04. The standard InChI is InChI=1S/C20H28N2O3/c1-24-18-11-17(12-19(13-18)25-2)22-10-9-16(14-22)21-20(23)15-7-5-3-4-6-8-15/h7,11-13,16H,3-6,8-10,14H2,1-2H3,(H,21,23). The summed E-state index contributed by atoms with van der Waals surface area (Å²) in [4.78, 5) is 14.8. The van der Waals surface area contributed by atoms with Crippen LogP contribution in [0.2, 0.25) is 0 Å². The fourth-order valence-corrected chi connectivity index (χ4v) is 3.59. The summed E-state index contributed by atoms with van der Waals surface area (Å²) >= 11 is 0. The minimum atomic E-state index is 0.122. The number of anilines is 1. The fourth-order valence-electron chi connectivity index (χ4n) is 3.59. The summed E-state index contributed by atoms with van der Waals surface area (Å²) in [6.45, 7) is 1.73.